The summed E-state index contributed by atoms with van der Waals surface area (Å²) in [5, 5.41) is 20.7. The molecule has 0 aromatic heterocycles. The fraction of sp³-hybridized carbons (Fsp3) is 0.719. The van der Waals surface area contributed by atoms with Crippen LogP contribution in [0.2, 0.25) is 0 Å². The molecule has 0 heterocycles. The van der Waals surface area contributed by atoms with Crippen molar-refractivity contribution in [3.63, 3.8) is 0 Å². The zero-order chi connectivity index (χ0) is 78.0. The van der Waals surface area contributed by atoms with Gasteiger partial charge in [-0.3, -0.25) is 32.5 Å². The highest BCUT2D eigenvalue weighted by Crippen LogP contribution is 2.45. The molecule has 0 aliphatic heterocycles. The third kappa shape index (κ3) is 82.5. The minimum absolute atomic E-state index is 0.0845. The van der Waals surface area contributed by atoms with Crippen LogP contribution in [-0.2, 0) is 55.8 Å². The lowest BCUT2D eigenvalue weighted by Gasteiger charge is -2.21. The van der Waals surface area contributed by atoms with Gasteiger partial charge < -0.3 is 34.2 Å². The maximum Gasteiger partial charge on any atom is 0.472 e. The van der Waals surface area contributed by atoms with E-state index in [1.807, 2.05) is 0 Å². The smallest absolute Gasteiger partial charge is 0.463 e. The van der Waals surface area contributed by atoms with Gasteiger partial charge in [0.15, 0.2) is 6.10 Å². The number of hydrogen-bond donors (Lipinski definition) is 4. The Kier molecular flexibility index (Phi) is 77.9. The van der Waals surface area contributed by atoms with Gasteiger partial charge in [-0.05, 0) is 141 Å². The summed E-state index contributed by atoms with van der Waals surface area (Å²) < 4.78 is 61.2. The molecule has 18 heteroatoms. The third-order valence-electron chi connectivity index (χ3n) is 17.8. The molecule has 5 atom stereocenters. The number of ether oxygens (including phenoxy) is 3. The fourth-order valence-electron chi connectivity index (χ4n) is 11.4. The molecule has 0 aromatic carbocycles. The van der Waals surface area contributed by atoms with Gasteiger partial charge in [-0.15, -0.1) is 0 Å². The van der Waals surface area contributed by atoms with Gasteiger partial charge in [0.25, 0.3) is 0 Å². The maximum absolute atomic E-state index is 13.0. The Hall–Kier alpha value is -4.31. The SMILES string of the molecule is CC/C=C\C/C=C\C/C=C\C/C=C\C/C=C\CCCCCCCCCCCCCCCCCCCC(=O)OCC(O)COP(=O)(O)OCC(O)COP(=O)(O)OCC(COC(=O)CCCCCCCCC/C=C\C/C=C\C/C=C\C/C=C\CCCCC)OC(=O)CCCCCCC/C=C\C/C=C\CCCCC. The zero-order valence-corrected chi connectivity index (χ0v) is 69.3. The molecule has 0 saturated carbocycles. The van der Waals surface area contributed by atoms with E-state index in [-0.39, 0.29) is 19.3 Å². The van der Waals surface area contributed by atoms with E-state index in [0.717, 1.165) is 161 Å². The molecular weight excluding hydrogens is 1390 g/mol. The highest BCUT2D eigenvalue weighted by molar-refractivity contribution is 7.47. The molecule has 0 aromatic rings. The molecule has 0 amide bonds. The van der Waals surface area contributed by atoms with Crippen LogP contribution >= 0.6 is 15.6 Å². The van der Waals surface area contributed by atoms with Gasteiger partial charge in [0, 0.05) is 19.3 Å². The number of phosphoric acid groups is 2. The van der Waals surface area contributed by atoms with Crippen LogP contribution in [0.15, 0.2) is 134 Å². The number of allylic oxidation sites excluding steroid dienone is 22. The number of carbonyl (C=O) groups excluding carboxylic acids is 3. The van der Waals surface area contributed by atoms with Crippen molar-refractivity contribution in [2.24, 2.45) is 0 Å². The largest absolute Gasteiger partial charge is 0.472 e. The lowest BCUT2D eigenvalue weighted by Crippen LogP contribution is -2.30. The van der Waals surface area contributed by atoms with E-state index >= 15 is 0 Å². The van der Waals surface area contributed by atoms with Crippen molar-refractivity contribution in [1.82, 2.24) is 0 Å². The Bertz CT molecular complexity index is 2480. The first-order valence-corrected chi connectivity index (χ1v) is 45.5. The van der Waals surface area contributed by atoms with E-state index < -0.39 is 91.5 Å². The molecule has 0 bridgehead atoms. The van der Waals surface area contributed by atoms with Crippen LogP contribution in [0.1, 0.15) is 355 Å². The van der Waals surface area contributed by atoms with Crippen LogP contribution in [-0.4, -0.2) is 95.9 Å². The Morgan fingerprint density at radius 2 is 0.495 bits per heavy atom. The van der Waals surface area contributed by atoms with E-state index in [4.69, 9.17) is 32.3 Å². The summed E-state index contributed by atoms with van der Waals surface area (Å²) in [6, 6.07) is 0. The number of aliphatic hydroxyl groups excluding tert-OH is 2. The van der Waals surface area contributed by atoms with E-state index in [1.54, 1.807) is 0 Å². The quantitative estimate of drug-likeness (QED) is 0.0146. The summed E-state index contributed by atoms with van der Waals surface area (Å²) in [6.07, 6.45) is 99.3. The predicted molar refractivity (Wildman–Crippen MR) is 445 cm³/mol. The van der Waals surface area contributed by atoms with Crippen LogP contribution in [0.3, 0.4) is 0 Å². The fourth-order valence-corrected chi connectivity index (χ4v) is 13.0. The molecule has 0 saturated heterocycles. The number of hydrogen-bond acceptors (Lipinski definition) is 14. The normalized spacial score (nSPS) is 14.6. The van der Waals surface area contributed by atoms with Crippen LogP contribution < -0.4 is 0 Å². The monoisotopic (exact) mass is 1540 g/mol. The number of rotatable bonds is 80. The number of carbonyl (C=O) groups is 3. The van der Waals surface area contributed by atoms with E-state index in [0.29, 0.717) is 19.3 Å². The van der Waals surface area contributed by atoms with Crippen LogP contribution in [0.4, 0.5) is 0 Å². The average Bonchev–Trinajstić information content (AvgIpc) is 0.908. The maximum atomic E-state index is 13.0. The van der Waals surface area contributed by atoms with Crippen LogP contribution in [0.5, 0.6) is 0 Å². The van der Waals surface area contributed by atoms with Crippen molar-refractivity contribution >= 4 is 33.6 Å². The molecule has 0 rings (SSSR count). The first kappa shape index (κ1) is 103. The second-order valence-electron chi connectivity index (χ2n) is 28.2. The Morgan fingerprint density at radius 3 is 0.785 bits per heavy atom. The standard InChI is InChI=1S/C89H154O16P2/c1-4-7-10-13-16-19-22-25-28-30-32-34-36-37-38-39-40-41-42-43-44-45-47-49-50-52-55-57-60-63-66-69-72-75-87(92)99-78-84(90)79-101-106(95,96)102-80-85(91)81-103-107(97,98)104-83-86(105-89(94)77-74-71-68-65-62-59-54-27-24-21-18-15-12-9-6-3)82-100-88(93)76-73-70-67-64-61-58-56-53-51-48-46-35-33-31-29-26-23-20-17-14-11-8-5-2/h7,10,16-21,25-29,32-35,37-38,48,51,54,84-86,90-91H,4-6,8-9,11-15,22-24,30-31,36,39-47,49-50,52-53,55-83H2,1-3H3,(H,95,96)(H,97,98)/b10-7-,19-16-,20-17-,21-18-,28-25-,29-26-,34-32-,35-33-,38-37-,51-48-,54-27-. The lowest BCUT2D eigenvalue weighted by molar-refractivity contribution is -0.161. The highest BCUT2D eigenvalue weighted by atomic mass is 31.2. The van der Waals surface area contributed by atoms with Gasteiger partial charge >= 0.3 is 33.6 Å². The average molecular weight is 1540 g/mol. The summed E-state index contributed by atoms with van der Waals surface area (Å²) in [4.78, 5) is 58.7. The summed E-state index contributed by atoms with van der Waals surface area (Å²) in [5.74, 6) is -1.59. The summed E-state index contributed by atoms with van der Waals surface area (Å²) >= 11 is 0. The number of phosphoric ester groups is 2. The summed E-state index contributed by atoms with van der Waals surface area (Å²) in [7, 11) is -9.80. The van der Waals surface area contributed by atoms with E-state index in [2.05, 4.69) is 154 Å². The highest BCUT2D eigenvalue weighted by Gasteiger charge is 2.29. The number of aliphatic hydroxyl groups is 2. The Balaban J connectivity index is 4.47. The molecule has 16 nitrogen and oxygen atoms in total. The Labute approximate surface area is 652 Å². The molecule has 5 unspecified atom stereocenters. The molecule has 0 fully saturated rings. The van der Waals surface area contributed by atoms with Crippen molar-refractivity contribution in [2.75, 3.05) is 39.6 Å². The van der Waals surface area contributed by atoms with E-state index in [1.165, 1.54) is 135 Å². The molecule has 4 N–H and O–H groups in total. The van der Waals surface area contributed by atoms with Crippen LogP contribution in [0, 0.1) is 0 Å². The minimum Gasteiger partial charge on any atom is -0.463 e. The van der Waals surface area contributed by atoms with Gasteiger partial charge in [0.2, 0.25) is 0 Å². The van der Waals surface area contributed by atoms with Crippen molar-refractivity contribution in [1.29, 1.82) is 0 Å². The van der Waals surface area contributed by atoms with Gasteiger partial charge in [0.05, 0.1) is 26.4 Å². The molecule has 107 heavy (non-hydrogen) atoms. The summed E-state index contributed by atoms with van der Waals surface area (Å²) in [5.41, 5.74) is 0. The van der Waals surface area contributed by atoms with Crippen molar-refractivity contribution < 1.29 is 75.8 Å². The van der Waals surface area contributed by atoms with Crippen molar-refractivity contribution in [3.8, 4) is 0 Å². The van der Waals surface area contributed by atoms with E-state index in [9.17, 15) is 43.5 Å². The zero-order valence-electron chi connectivity index (χ0n) is 67.5. The molecular formula is C89H154O16P2. The van der Waals surface area contributed by atoms with Gasteiger partial charge in [-0.2, -0.15) is 0 Å². The number of esters is 3. The second kappa shape index (κ2) is 81.2. The van der Waals surface area contributed by atoms with Crippen molar-refractivity contribution in [2.45, 2.75) is 373 Å². The van der Waals surface area contributed by atoms with Crippen LogP contribution in [0.25, 0.3) is 0 Å². The van der Waals surface area contributed by atoms with Gasteiger partial charge in [-0.1, -0.05) is 328 Å². The minimum atomic E-state index is -4.94. The molecule has 616 valence electrons. The van der Waals surface area contributed by atoms with Gasteiger partial charge in [0.1, 0.15) is 25.4 Å². The Morgan fingerprint density at radius 1 is 0.271 bits per heavy atom. The second-order valence-corrected chi connectivity index (χ2v) is 31.2. The molecule has 0 aliphatic carbocycles. The molecule has 0 aliphatic rings. The molecule has 0 spiro atoms. The topological polar surface area (TPSA) is 231 Å². The first-order chi connectivity index (χ1) is 52.2. The lowest BCUT2D eigenvalue weighted by atomic mass is 10.0. The first-order valence-electron chi connectivity index (χ1n) is 42.5. The summed E-state index contributed by atoms with van der Waals surface area (Å²) in [6.45, 7) is 2.52. The van der Waals surface area contributed by atoms with Gasteiger partial charge in [-0.25, -0.2) is 9.13 Å². The number of unbranched alkanes of at least 4 members (excludes halogenated alkanes) is 35. The van der Waals surface area contributed by atoms with Crippen molar-refractivity contribution in [3.05, 3.63) is 134 Å². The third-order valence-corrected chi connectivity index (χ3v) is 19.7. The predicted octanol–water partition coefficient (Wildman–Crippen LogP) is 25.4. The molecule has 0 radical (unpaired) electrons.